The zero-order valence-corrected chi connectivity index (χ0v) is 15.7. The van der Waals surface area contributed by atoms with E-state index >= 15 is 0 Å². The van der Waals surface area contributed by atoms with Gasteiger partial charge < -0.3 is 4.74 Å². The number of hydrogen-bond donors (Lipinski definition) is 0. The lowest BCUT2D eigenvalue weighted by molar-refractivity contribution is 0.343. The maximum Gasteiger partial charge on any atom is 0.258 e. The quantitative estimate of drug-likeness (QED) is 0.623. The molecule has 0 N–H and O–H groups in total. The van der Waals surface area contributed by atoms with E-state index in [9.17, 15) is 4.79 Å². The Hall–Kier alpha value is -1.79. The van der Waals surface area contributed by atoms with Gasteiger partial charge in [-0.1, -0.05) is 6.07 Å². The van der Waals surface area contributed by atoms with Crippen LogP contribution in [0.5, 0.6) is 5.75 Å². The fraction of sp³-hybridized carbons (Fsp3) is 0.333. The van der Waals surface area contributed by atoms with Gasteiger partial charge in [0.1, 0.15) is 5.75 Å². The first kappa shape index (κ1) is 17.0. The monoisotopic (exact) mass is 360 g/mol. The molecular weight excluding hydrogens is 340 g/mol. The van der Waals surface area contributed by atoms with Gasteiger partial charge in [0.05, 0.1) is 12.3 Å². The average molecular weight is 361 g/mol. The van der Waals surface area contributed by atoms with Crippen molar-refractivity contribution in [2.75, 3.05) is 12.4 Å². The highest BCUT2D eigenvalue weighted by Gasteiger charge is 2.06. The number of aryl methyl sites for hydroxylation is 3. The largest absolute Gasteiger partial charge is 0.493 e. The second-order valence-corrected chi connectivity index (χ2v) is 7.75. The predicted molar refractivity (Wildman–Crippen MR) is 102 cm³/mol. The lowest BCUT2D eigenvalue weighted by Crippen LogP contribution is -2.14. The van der Waals surface area contributed by atoms with E-state index in [-0.39, 0.29) is 5.56 Å². The summed E-state index contributed by atoms with van der Waals surface area (Å²) in [6.07, 6.45) is 0. The Morgan fingerprint density at radius 2 is 1.92 bits per heavy atom. The van der Waals surface area contributed by atoms with Crippen LogP contribution >= 0.6 is 23.1 Å². The molecule has 24 heavy (non-hydrogen) atoms. The third-order valence-corrected chi connectivity index (χ3v) is 5.47. The molecule has 0 unspecified atom stereocenters. The molecule has 0 aliphatic rings. The minimum atomic E-state index is 0.000774. The molecule has 0 fully saturated rings. The Kier molecular flexibility index (Phi) is 5.26. The highest BCUT2D eigenvalue weighted by Crippen LogP contribution is 2.18. The van der Waals surface area contributed by atoms with E-state index in [2.05, 4.69) is 24.9 Å². The summed E-state index contributed by atoms with van der Waals surface area (Å²) >= 11 is 3.23. The standard InChI is InChI=1S/C18H20N2O2S2/c1-12-6-13(2)8-16(7-12)22-4-5-23-11-15-9-17(21)20-14(3)10-24-18(20)19-15/h6-10H,4-5,11H2,1-3H3. The van der Waals surface area contributed by atoms with Gasteiger partial charge in [-0.3, -0.25) is 9.20 Å². The molecule has 0 saturated heterocycles. The molecule has 6 heteroatoms. The normalized spacial score (nSPS) is 11.1. The van der Waals surface area contributed by atoms with E-state index in [1.165, 1.54) is 22.5 Å². The van der Waals surface area contributed by atoms with Gasteiger partial charge in [-0.05, 0) is 44.0 Å². The van der Waals surface area contributed by atoms with Crippen molar-refractivity contribution >= 4 is 28.1 Å². The van der Waals surface area contributed by atoms with Crippen LogP contribution in [0, 0.1) is 20.8 Å². The van der Waals surface area contributed by atoms with E-state index in [0.717, 1.165) is 33.6 Å². The average Bonchev–Trinajstić information content (AvgIpc) is 2.88. The second kappa shape index (κ2) is 7.40. The molecule has 3 aromatic rings. The highest BCUT2D eigenvalue weighted by molar-refractivity contribution is 7.98. The number of thiazole rings is 1. The van der Waals surface area contributed by atoms with Crippen molar-refractivity contribution in [1.82, 2.24) is 9.38 Å². The Balaban J connectivity index is 1.52. The van der Waals surface area contributed by atoms with E-state index in [1.807, 2.05) is 24.4 Å². The van der Waals surface area contributed by atoms with Crippen LogP contribution in [0.2, 0.25) is 0 Å². The molecule has 0 radical (unpaired) electrons. The molecule has 0 amide bonds. The van der Waals surface area contributed by atoms with Crippen molar-refractivity contribution in [2.45, 2.75) is 26.5 Å². The Labute approximate surface area is 149 Å². The second-order valence-electron chi connectivity index (χ2n) is 5.81. The SMILES string of the molecule is Cc1cc(C)cc(OCCSCc2cc(=O)n3c(C)csc3n2)c1. The van der Waals surface area contributed by atoms with Gasteiger partial charge in [0.15, 0.2) is 4.96 Å². The summed E-state index contributed by atoms with van der Waals surface area (Å²) in [6.45, 7) is 6.71. The summed E-state index contributed by atoms with van der Waals surface area (Å²) in [5.74, 6) is 2.50. The van der Waals surface area contributed by atoms with Gasteiger partial charge >= 0.3 is 0 Å². The maximum atomic E-state index is 12.1. The van der Waals surface area contributed by atoms with Crippen LogP contribution in [-0.4, -0.2) is 21.7 Å². The minimum Gasteiger partial charge on any atom is -0.493 e. The van der Waals surface area contributed by atoms with Crippen molar-refractivity contribution in [3.63, 3.8) is 0 Å². The maximum absolute atomic E-state index is 12.1. The third-order valence-electron chi connectivity index (χ3n) is 3.57. The van der Waals surface area contributed by atoms with Gasteiger partial charge in [-0.15, -0.1) is 11.3 Å². The smallest absolute Gasteiger partial charge is 0.258 e. The van der Waals surface area contributed by atoms with E-state index in [4.69, 9.17) is 4.74 Å². The number of aromatic nitrogens is 2. The lowest BCUT2D eigenvalue weighted by atomic mass is 10.1. The number of nitrogens with zero attached hydrogens (tertiary/aromatic N) is 2. The summed E-state index contributed by atoms with van der Waals surface area (Å²) in [6, 6.07) is 7.86. The van der Waals surface area contributed by atoms with Crippen LogP contribution in [0.15, 0.2) is 34.4 Å². The number of benzene rings is 1. The summed E-state index contributed by atoms with van der Waals surface area (Å²) in [5.41, 5.74) is 4.19. The molecular formula is C18H20N2O2S2. The molecule has 0 saturated carbocycles. The molecule has 3 rings (SSSR count). The topological polar surface area (TPSA) is 43.6 Å². The van der Waals surface area contributed by atoms with Gasteiger partial charge in [0, 0.05) is 28.6 Å². The van der Waals surface area contributed by atoms with Crippen molar-refractivity contribution in [3.8, 4) is 5.75 Å². The molecule has 0 spiro atoms. The van der Waals surface area contributed by atoms with Crippen molar-refractivity contribution in [3.05, 3.63) is 62.5 Å². The Bertz CT molecular complexity index is 895. The first-order chi connectivity index (χ1) is 11.5. The zero-order valence-electron chi connectivity index (χ0n) is 14.0. The lowest BCUT2D eigenvalue weighted by Gasteiger charge is -2.08. The summed E-state index contributed by atoms with van der Waals surface area (Å²) in [7, 11) is 0. The van der Waals surface area contributed by atoms with Crippen LogP contribution in [0.4, 0.5) is 0 Å². The first-order valence-corrected chi connectivity index (χ1v) is 9.82. The number of fused-ring (bicyclic) bond motifs is 1. The molecule has 0 bridgehead atoms. The minimum absolute atomic E-state index is 0.000774. The number of hydrogen-bond acceptors (Lipinski definition) is 5. The van der Waals surface area contributed by atoms with Crippen LogP contribution in [0.25, 0.3) is 4.96 Å². The number of ether oxygens (including phenoxy) is 1. The van der Waals surface area contributed by atoms with Gasteiger partial charge in [0.25, 0.3) is 5.56 Å². The molecule has 2 aromatic heterocycles. The third kappa shape index (κ3) is 3.99. The first-order valence-electron chi connectivity index (χ1n) is 7.78. The van der Waals surface area contributed by atoms with E-state index in [1.54, 1.807) is 22.2 Å². The van der Waals surface area contributed by atoms with Gasteiger partial charge in [-0.2, -0.15) is 11.8 Å². The summed E-state index contributed by atoms with van der Waals surface area (Å²) in [5, 5.41) is 1.96. The Morgan fingerprint density at radius 3 is 2.67 bits per heavy atom. The molecule has 0 aliphatic carbocycles. The molecule has 4 nitrogen and oxygen atoms in total. The summed E-state index contributed by atoms with van der Waals surface area (Å²) < 4.78 is 7.45. The summed E-state index contributed by atoms with van der Waals surface area (Å²) in [4.78, 5) is 17.4. The van der Waals surface area contributed by atoms with Gasteiger partial charge in [-0.25, -0.2) is 4.98 Å². The number of rotatable bonds is 6. The Morgan fingerprint density at radius 1 is 1.17 bits per heavy atom. The van der Waals surface area contributed by atoms with Crippen molar-refractivity contribution < 1.29 is 4.74 Å². The fourth-order valence-electron chi connectivity index (χ4n) is 2.59. The molecule has 0 atom stereocenters. The molecule has 2 heterocycles. The van der Waals surface area contributed by atoms with Crippen LogP contribution in [0.3, 0.4) is 0 Å². The zero-order chi connectivity index (χ0) is 17.1. The van der Waals surface area contributed by atoms with Crippen molar-refractivity contribution in [2.24, 2.45) is 0 Å². The van der Waals surface area contributed by atoms with Crippen LogP contribution in [0.1, 0.15) is 22.5 Å². The van der Waals surface area contributed by atoms with Gasteiger partial charge in [0.2, 0.25) is 0 Å². The van der Waals surface area contributed by atoms with Crippen molar-refractivity contribution in [1.29, 1.82) is 0 Å². The molecule has 1 aromatic carbocycles. The molecule has 0 aliphatic heterocycles. The predicted octanol–water partition coefficient (Wildman–Crippen LogP) is 3.99. The number of thioether (sulfide) groups is 1. The van der Waals surface area contributed by atoms with E-state index in [0.29, 0.717) is 6.61 Å². The van der Waals surface area contributed by atoms with Crippen LogP contribution < -0.4 is 10.3 Å². The highest BCUT2D eigenvalue weighted by atomic mass is 32.2. The van der Waals surface area contributed by atoms with E-state index < -0.39 is 0 Å². The molecule has 126 valence electrons. The van der Waals surface area contributed by atoms with Crippen LogP contribution in [-0.2, 0) is 5.75 Å². The fourth-order valence-corrected chi connectivity index (χ4v) is 4.18.